The summed E-state index contributed by atoms with van der Waals surface area (Å²) in [5, 5.41) is 6.58. The number of hydrogen-bond acceptors (Lipinski definition) is 3. The van der Waals surface area contributed by atoms with Gasteiger partial charge in [0.1, 0.15) is 5.82 Å². The predicted molar refractivity (Wildman–Crippen MR) is 70.0 cm³/mol. The second-order valence-electron chi connectivity index (χ2n) is 4.34. The molecule has 0 radical (unpaired) electrons. The maximum Gasteiger partial charge on any atom is 0.263 e. The molecular formula is C12H14FN3O2S. The summed E-state index contributed by atoms with van der Waals surface area (Å²) in [6.45, 7) is 5.10. The summed E-state index contributed by atoms with van der Waals surface area (Å²) in [5.41, 5.74) is 1.86. The van der Waals surface area contributed by atoms with Crippen molar-refractivity contribution in [1.29, 1.82) is 0 Å². The van der Waals surface area contributed by atoms with Crippen LogP contribution in [0.2, 0.25) is 0 Å². The minimum atomic E-state index is -3.77. The number of hydrogen-bond donors (Lipinski definition) is 2. The van der Waals surface area contributed by atoms with E-state index in [1.807, 2.05) is 0 Å². The van der Waals surface area contributed by atoms with Crippen molar-refractivity contribution in [2.24, 2.45) is 0 Å². The van der Waals surface area contributed by atoms with Gasteiger partial charge in [-0.3, -0.25) is 9.82 Å². The van der Waals surface area contributed by atoms with E-state index in [-0.39, 0.29) is 10.7 Å². The molecule has 0 bridgehead atoms. The first-order valence-corrected chi connectivity index (χ1v) is 7.10. The van der Waals surface area contributed by atoms with Crippen LogP contribution in [0.15, 0.2) is 23.1 Å². The van der Waals surface area contributed by atoms with Crippen LogP contribution in [-0.4, -0.2) is 18.6 Å². The van der Waals surface area contributed by atoms with E-state index < -0.39 is 15.8 Å². The molecule has 5 nitrogen and oxygen atoms in total. The van der Waals surface area contributed by atoms with E-state index in [1.54, 1.807) is 20.8 Å². The van der Waals surface area contributed by atoms with Gasteiger partial charge in [-0.05, 0) is 44.5 Å². The number of aryl methyl sites for hydroxylation is 2. The number of benzene rings is 1. The van der Waals surface area contributed by atoms with Crippen LogP contribution in [0.1, 0.15) is 16.8 Å². The third-order valence-corrected chi connectivity index (χ3v) is 4.41. The number of nitrogens with zero attached hydrogens (tertiary/aromatic N) is 1. The van der Waals surface area contributed by atoms with E-state index in [2.05, 4.69) is 14.9 Å². The molecule has 0 saturated heterocycles. The van der Waals surface area contributed by atoms with Gasteiger partial charge in [-0.1, -0.05) is 0 Å². The van der Waals surface area contributed by atoms with Crippen molar-refractivity contribution >= 4 is 15.8 Å². The highest BCUT2D eigenvalue weighted by Gasteiger charge is 2.19. The molecule has 0 atom stereocenters. The quantitative estimate of drug-likeness (QED) is 0.907. The number of halogens is 1. The molecule has 1 heterocycles. The van der Waals surface area contributed by atoms with E-state index in [1.165, 1.54) is 12.1 Å². The molecule has 0 unspecified atom stereocenters. The molecule has 0 aliphatic carbocycles. The Kier molecular flexibility index (Phi) is 3.32. The standard InChI is InChI=1S/C12H14FN3O2S/c1-7-6-10(13)4-5-11(7)19(17,18)16-12-8(2)9(3)14-15-12/h4-6H,1-3H3,(H2,14,15,16). The van der Waals surface area contributed by atoms with Crippen LogP contribution < -0.4 is 4.72 Å². The highest BCUT2D eigenvalue weighted by Crippen LogP contribution is 2.21. The SMILES string of the molecule is Cc1cc(F)ccc1S(=O)(=O)Nc1n[nH]c(C)c1C. The summed E-state index contributed by atoms with van der Waals surface area (Å²) in [6.07, 6.45) is 0. The predicted octanol–water partition coefficient (Wildman–Crippen LogP) is 2.27. The average molecular weight is 283 g/mol. The Morgan fingerprint density at radius 2 is 1.95 bits per heavy atom. The van der Waals surface area contributed by atoms with E-state index in [4.69, 9.17) is 0 Å². The maximum atomic E-state index is 13.0. The molecule has 1 aromatic heterocycles. The number of aromatic amines is 1. The summed E-state index contributed by atoms with van der Waals surface area (Å²) >= 11 is 0. The fourth-order valence-electron chi connectivity index (χ4n) is 1.68. The van der Waals surface area contributed by atoms with E-state index >= 15 is 0 Å². The van der Waals surface area contributed by atoms with Crippen LogP contribution in [0, 0.1) is 26.6 Å². The Morgan fingerprint density at radius 3 is 2.47 bits per heavy atom. The van der Waals surface area contributed by atoms with Crippen LogP contribution in [0.4, 0.5) is 10.2 Å². The smallest absolute Gasteiger partial charge is 0.263 e. The van der Waals surface area contributed by atoms with Crippen molar-refractivity contribution in [2.45, 2.75) is 25.7 Å². The fourth-order valence-corrected chi connectivity index (χ4v) is 2.97. The van der Waals surface area contributed by atoms with Gasteiger partial charge in [0.15, 0.2) is 5.82 Å². The zero-order chi connectivity index (χ0) is 14.2. The van der Waals surface area contributed by atoms with Crippen LogP contribution >= 0.6 is 0 Å². The molecule has 0 aliphatic heterocycles. The molecule has 0 aliphatic rings. The molecule has 0 amide bonds. The van der Waals surface area contributed by atoms with Crippen molar-refractivity contribution in [3.63, 3.8) is 0 Å². The molecule has 7 heteroatoms. The number of anilines is 1. The van der Waals surface area contributed by atoms with Gasteiger partial charge in [-0.15, -0.1) is 0 Å². The second kappa shape index (κ2) is 4.65. The summed E-state index contributed by atoms with van der Waals surface area (Å²) in [7, 11) is -3.77. The number of sulfonamides is 1. The van der Waals surface area contributed by atoms with Gasteiger partial charge in [0.2, 0.25) is 0 Å². The molecule has 19 heavy (non-hydrogen) atoms. The summed E-state index contributed by atoms with van der Waals surface area (Å²) in [5.74, 6) is -0.218. The normalized spacial score (nSPS) is 11.6. The van der Waals surface area contributed by atoms with Crippen LogP contribution in [0.3, 0.4) is 0 Å². The fraction of sp³-hybridized carbons (Fsp3) is 0.250. The second-order valence-corrected chi connectivity index (χ2v) is 5.99. The molecule has 0 fully saturated rings. The van der Waals surface area contributed by atoms with Crippen molar-refractivity contribution < 1.29 is 12.8 Å². The first kappa shape index (κ1) is 13.5. The topological polar surface area (TPSA) is 74.8 Å². The molecular weight excluding hydrogens is 269 g/mol. The first-order valence-electron chi connectivity index (χ1n) is 5.62. The number of rotatable bonds is 3. The zero-order valence-electron chi connectivity index (χ0n) is 10.8. The summed E-state index contributed by atoms with van der Waals surface area (Å²) in [6, 6.07) is 3.53. The lowest BCUT2D eigenvalue weighted by Gasteiger charge is -2.09. The van der Waals surface area contributed by atoms with Gasteiger partial charge in [0.05, 0.1) is 4.90 Å². The summed E-state index contributed by atoms with van der Waals surface area (Å²) in [4.78, 5) is 0.0361. The van der Waals surface area contributed by atoms with Crippen molar-refractivity contribution in [1.82, 2.24) is 10.2 Å². The Balaban J connectivity index is 2.41. The maximum absolute atomic E-state index is 13.0. The molecule has 2 aromatic rings. The van der Waals surface area contributed by atoms with Gasteiger partial charge in [0, 0.05) is 11.3 Å². The highest BCUT2D eigenvalue weighted by atomic mass is 32.2. The van der Waals surface area contributed by atoms with Crippen molar-refractivity contribution in [3.05, 3.63) is 40.8 Å². The first-order chi connectivity index (χ1) is 8.81. The number of nitrogens with one attached hydrogen (secondary N) is 2. The van der Waals surface area contributed by atoms with E-state index in [0.29, 0.717) is 5.56 Å². The minimum Gasteiger partial charge on any atom is -0.280 e. The monoisotopic (exact) mass is 283 g/mol. The minimum absolute atomic E-state index is 0.0361. The van der Waals surface area contributed by atoms with Crippen molar-refractivity contribution in [2.75, 3.05) is 4.72 Å². The molecule has 0 spiro atoms. The Labute approximate surface area is 110 Å². The molecule has 2 N–H and O–H groups in total. The highest BCUT2D eigenvalue weighted by molar-refractivity contribution is 7.92. The molecule has 1 aromatic carbocycles. The van der Waals surface area contributed by atoms with Gasteiger partial charge >= 0.3 is 0 Å². The third-order valence-electron chi connectivity index (χ3n) is 2.91. The molecule has 2 rings (SSSR count). The summed E-state index contributed by atoms with van der Waals surface area (Å²) < 4.78 is 39.8. The van der Waals surface area contributed by atoms with Crippen LogP contribution in [0.25, 0.3) is 0 Å². The lowest BCUT2D eigenvalue weighted by Crippen LogP contribution is -2.15. The van der Waals surface area contributed by atoms with Gasteiger partial charge in [0.25, 0.3) is 10.0 Å². The third kappa shape index (κ3) is 2.60. The van der Waals surface area contributed by atoms with Crippen molar-refractivity contribution in [3.8, 4) is 0 Å². The lowest BCUT2D eigenvalue weighted by atomic mass is 10.2. The average Bonchev–Trinajstić information content (AvgIpc) is 2.60. The Hall–Kier alpha value is -1.89. The number of aromatic nitrogens is 2. The lowest BCUT2D eigenvalue weighted by molar-refractivity contribution is 0.598. The largest absolute Gasteiger partial charge is 0.280 e. The Bertz CT molecular complexity index is 723. The number of H-pyrrole nitrogens is 1. The molecule has 102 valence electrons. The van der Waals surface area contributed by atoms with Gasteiger partial charge in [-0.25, -0.2) is 12.8 Å². The van der Waals surface area contributed by atoms with Crippen LogP contribution in [-0.2, 0) is 10.0 Å². The zero-order valence-corrected chi connectivity index (χ0v) is 11.6. The van der Waals surface area contributed by atoms with Crippen LogP contribution in [0.5, 0.6) is 0 Å². The van der Waals surface area contributed by atoms with E-state index in [0.717, 1.165) is 17.3 Å². The molecule has 0 saturated carbocycles. The van der Waals surface area contributed by atoms with Gasteiger partial charge in [-0.2, -0.15) is 5.10 Å². The Morgan fingerprint density at radius 1 is 1.26 bits per heavy atom. The van der Waals surface area contributed by atoms with Gasteiger partial charge < -0.3 is 0 Å². The van der Waals surface area contributed by atoms with E-state index in [9.17, 15) is 12.8 Å².